The monoisotopic (exact) mass is 274 g/mol. The van der Waals surface area contributed by atoms with E-state index in [0.29, 0.717) is 17.1 Å². The average molecular weight is 274 g/mol. The van der Waals surface area contributed by atoms with E-state index in [1.54, 1.807) is 38.1 Å². The zero-order valence-corrected chi connectivity index (χ0v) is 11.2. The molecule has 0 saturated carbocycles. The van der Waals surface area contributed by atoms with Crippen LogP contribution in [0.4, 0.5) is 11.4 Å². The van der Waals surface area contributed by atoms with Crippen LogP contribution in [0.3, 0.4) is 0 Å². The number of carbonyl (C=O) groups excluding carboxylic acids is 1. The Morgan fingerprint density at radius 2 is 1.95 bits per heavy atom. The summed E-state index contributed by atoms with van der Waals surface area (Å²) in [6, 6.07) is 6.42. The van der Waals surface area contributed by atoms with Crippen molar-refractivity contribution < 1.29 is 19.5 Å². The number of hydrogen-bond acceptors (Lipinski definition) is 5. The van der Waals surface area contributed by atoms with Crippen LogP contribution in [0.1, 0.15) is 13.8 Å². The highest BCUT2D eigenvalue weighted by atomic mass is 16.7. The molecule has 1 aliphatic rings. The molecule has 0 spiro atoms. The molecule has 2 rings (SSSR count). The van der Waals surface area contributed by atoms with E-state index >= 15 is 0 Å². The molecular weight excluding hydrogens is 260 g/mol. The Kier molecular flexibility index (Phi) is 3.63. The number of rotatable bonds is 3. The second-order valence-electron chi connectivity index (χ2n) is 4.72. The SMILES string of the molecule is [C-]#[N+]c1ccc(N(O)CC2=CC(=O)OC(C)(C)O2)cc1. The van der Waals surface area contributed by atoms with Gasteiger partial charge in [0, 0.05) is 13.8 Å². The first-order valence-corrected chi connectivity index (χ1v) is 5.96. The number of esters is 1. The lowest BCUT2D eigenvalue weighted by molar-refractivity contribution is -0.205. The Labute approximate surface area is 116 Å². The van der Waals surface area contributed by atoms with Crippen molar-refractivity contribution in [3.05, 3.63) is 47.5 Å². The van der Waals surface area contributed by atoms with Crippen LogP contribution >= 0.6 is 0 Å². The van der Waals surface area contributed by atoms with Gasteiger partial charge in [-0.2, -0.15) is 0 Å². The van der Waals surface area contributed by atoms with Crippen LogP contribution in [0, 0.1) is 6.57 Å². The smallest absolute Gasteiger partial charge is 0.337 e. The van der Waals surface area contributed by atoms with Crippen LogP contribution < -0.4 is 5.06 Å². The lowest BCUT2D eigenvalue weighted by atomic mass is 10.2. The standard InChI is InChI=1S/C14H14N2O4/c1-14(2)19-12(8-13(17)20-14)9-16(18)11-6-4-10(15-3)5-7-11/h4-8,18H,9H2,1-2H3. The third-order valence-corrected chi connectivity index (χ3v) is 2.58. The van der Waals surface area contributed by atoms with Crippen molar-refractivity contribution in [1.29, 1.82) is 0 Å². The molecule has 1 aromatic rings. The summed E-state index contributed by atoms with van der Waals surface area (Å²) in [6.45, 7) is 10.1. The summed E-state index contributed by atoms with van der Waals surface area (Å²) in [4.78, 5) is 14.6. The molecule has 1 N–H and O–H groups in total. The fraction of sp³-hybridized carbons (Fsp3) is 0.286. The number of hydroxylamine groups is 1. The molecular formula is C14H14N2O4. The van der Waals surface area contributed by atoms with Gasteiger partial charge in [-0.25, -0.2) is 14.7 Å². The van der Waals surface area contributed by atoms with Crippen molar-refractivity contribution in [3.63, 3.8) is 0 Å². The average Bonchev–Trinajstić information content (AvgIpc) is 2.36. The van der Waals surface area contributed by atoms with E-state index < -0.39 is 11.8 Å². The summed E-state index contributed by atoms with van der Waals surface area (Å²) in [5, 5.41) is 10.9. The maximum Gasteiger partial charge on any atom is 0.337 e. The van der Waals surface area contributed by atoms with Crippen molar-refractivity contribution in [1.82, 2.24) is 0 Å². The van der Waals surface area contributed by atoms with Crippen LogP contribution in [-0.4, -0.2) is 23.5 Å². The lowest BCUT2D eigenvalue weighted by Gasteiger charge is -2.31. The second kappa shape index (κ2) is 5.23. The number of cyclic esters (lactones) is 1. The van der Waals surface area contributed by atoms with Gasteiger partial charge in [-0.05, 0) is 12.1 Å². The van der Waals surface area contributed by atoms with Crippen molar-refractivity contribution in [3.8, 4) is 0 Å². The highest BCUT2D eigenvalue weighted by Crippen LogP contribution is 2.24. The first kappa shape index (κ1) is 13.9. The van der Waals surface area contributed by atoms with Gasteiger partial charge in [0.1, 0.15) is 12.3 Å². The van der Waals surface area contributed by atoms with Crippen molar-refractivity contribution >= 4 is 17.3 Å². The van der Waals surface area contributed by atoms with Gasteiger partial charge in [0.05, 0.1) is 18.3 Å². The first-order chi connectivity index (χ1) is 9.39. The lowest BCUT2D eigenvalue weighted by Crippen LogP contribution is -2.37. The topological polar surface area (TPSA) is 63.4 Å². The molecule has 0 radical (unpaired) electrons. The van der Waals surface area contributed by atoms with Gasteiger partial charge in [-0.15, -0.1) is 0 Å². The zero-order valence-electron chi connectivity index (χ0n) is 11.2. The fourth-order valence-electron chi connectivity index (χ4n) is 1.79. The minimum atomic E-state index is -1.05. The van der Waals surface area contributed by atoms with Gasteiger partial charge in [0.25, 0.3) is 0 Å². The number of carbonyl (C=O) groups is 1. The third-order valence-electron chi connectivity index (χ3n) is 2.58. The van der Waals surface area contributed by atoms with E-state index in [-0.39, 0.29) is 6.54 Å². The number of anilines is 1. The Bertz CT molecular complexity index is 584. The summed E-state index contributed by atoms with van der Waals surface area (Å²) >= 11 is 0. The van der Waals surface area contributed by atoms with Crippen LogP contribution in [0.15, 0.2) is 36.1 Å². The van der Waals surface area contributed by atoms with Gasteiger partial charge in [-0.3, -0.25) is 5.21 Å². The Hall–Kier alpha value is -2.52. The number of benzene rings is 1. The van der Waals surface area contributed by atoms with Crippen molar-refractivity contribution in [2.24, 2.45) is 0 Å². The third kappa shape index (κ3) is 3.28. The molecule has 1 aromatic carbocycles. The summed E-state index contributed by atoms with van der Waals surface area (Å²) in [6.07, 6.45) is 1.20. The summed E-state index contributed by atoms with van der Waals surface area (Å²) in [5.74, 6) is -1.24. The molecule has 0 amide bonds. The van der Waals surface area contributed by atoms with Crippen molar-refractivity contribution in [2.45, 2.75) is 19.6 Å². The maximum atomic E-state index is 11.4. The molecule has 0 unspecified atom stereocenters. The molecule has 0 aromatic heterocycles. The number of ether oxygens (including phenoxy) is 2. The molecule has 0 aliphatic carbocycles. The molecule has 104 valence electrons. The molecule has 20 heavy (non-hydrogen) atoms. The second-order valence-corrected chi connectivity index (χ2v) is 4.72. The summed E-state index contributed by atoms with van der Waals surface area (Å²) < 4.78 is 10.4. The van der Waals surface area contributed by atoms with Crippen LogP contribution in [0.5, 0.6) is 0 Å². The van der Waals surface area contributed by atoms with Crippen LogP contribution in [-0.2, 0) is 14.3 Å². The quantitative estimate of drug-likeness (QED) is 0.521. The van der Waals surface area contributed by atoms with E-state index in [9.17, 15) is 10.0 Å². The van der Waals surface area contributed by atoms with E-state index in [1.165, 1.54) is 6.08 Å². The van der Waals surface area contributed by atoms with E-state index in [4.69, 9.17) is 16.0 Å². The maximum absolute atomic E-state index is 11.4. The first-order valence-electron chi connectivity index (χ1n) is 5.96. The molecule has 1 aliphatic heterocycles. The molecule has 6 heteroatoms. The summed E-state index contributed by atoms with van der Waals surface area (Å²) in [7, 11) is 0. The van der Waals surface area contributed by atoms with E-state index in [2.05, 4.69) is 4.85 Å². The highest BCUT2D eigenvalue weighted by molar-refractivity contribution is 5.83. The molecule has 0 atom stereocenters. The van der Waals surface area contributed by atoms with Crippen molar-refractivity contribution in [2.75, 3.05) is 11.6 Å². The van der Waals surface area contributed by atoms with Gasteiger partial charge in [0.2, 0.25) is 5.79 Å². The molecule has 0 saturated heterocycles. The highest BCUT2D eigenvalue weighted by Gasteiger charge is 2.30. The van der Waals surface area contributed by atoms with Gasteiger partial charge in [0.15, 0.2) is 5.69 Å². The number of hydrogen-bond donors (Lipinski definition) is 1. The minimum Gasteiger partial charge on any atom is -0.455 e. The normalized spacial score (nSPS) is 16.5. The molecule has 0 bridgehead atoms. The van der Waals surface area contributed by atoms with E-state index in [0.717, 1.165) is 5.06 Å². The molecule has 0 fully saturated rings. The number of nitrogens with zero attached hydrogens (tertiary/aromatic N) is 2. The predicted molar refractivity (Wildman–Crippen MR) is 71.2 cm³/mol. The Morgan fingerprint density at radius 1 is 1.30 bits per heavy atom. The molecule has 1 heterocycles. The Morgan fingerprint density at radius 3 is 2.50 bits per heavy atom. The molecule has 6 nitrogen and oxygen atoms in total. The summed E-state index contributed by atoms with van der Waals surface area (Å²) in [5.41, 5.74) is 0.985. The van der Waals surface area contributed by atoms with E-state index in [1.807, 2.05) is 0 Å². The van der Waals surface area contributed by atoms with Gasteiger partial charge in [-0.1, -0.05) is 12.1 Å². The minimum absolute atomic E-state index is 0.00982. The largest absolute Gasteiger partial charge is 0.455 e. The zero-order chi connectivity index (χ0) is 14.8. The predicted octanol–water partition coefficient (Wildman–Crippen LogP) is 2.63. The Balaban J connectivity index is 2.09. The fourth-order valence-corrected chi connectivity index (χ4v) is 1.79. The van der Waals surface area contributed by atoms with Crippen LogP contribution in [0.2, 0.25) is 0 Å². The van der Waals surface area contributed by atoms with Gasteiger partial charge < -0.3 is 9.47 Å². The van der Waals surface area contributed by atoms with Crippen LogP contribution in [0.25, 0.3) is 4.85 Å². The van der Waals surface area contributed by atoms with Gasteiger partial charge >= 0.3 is 5.97 Å².